The van der Waals surface area contributed by atoms with E-state index in [-0.39, 0.29) is 0 Å². The molecular formula is C15H24O6. The lowest BCUT2D eigenvalue weighted by Gasteiger charge is -2.13. The van der Waals surface area contributed by atoms with Crippen molar-refractivity contribution >= 4 is 0 Å². The SMILES string of the molecule is COCCOc1cc(OCCOC)cc(OCCOC)c1. The highest BCUT2D eigenvalue weighted by atomic mass is 16.5. The fraction of sp³-hybridized carbons (Fsp3) is 0.600. The monoisotopic (exact) mass is 300 g/mol. The van der Waals surface area contributed by atoms with E-state index in [1.807, 2.05) is 18.2 Å². The fourth-order valence-corrected chi connectivity index (χ4v) is 1.52. The summed E-state index contributed by atoms with van der Waals surface area (Å²) in [7, 11) is 4.90. The van der Waals surface area contributed by atoms with Gasteiger partial charge in [-0.2, -0.15) is 0 Å². The van der Waals surface area contributed by atoms with Crippen LogP contribution in [0, 0.1) is 0 Å². The molecule has 1 aromatic carbocycles. The molecule has 0 amide bonds. The lowest BCUT2D eigenvalue weighted by molar-refractivity contribution is 0.138. The van der Waals surface area contributed by atoms with E-state index in [4.69, 9.17) is 28.4 Å². The van der Waals surface area contributed by atoms with Gasteiger partial charge in [-0.15, -0.1) is 0 Å². The minimum Gasteiger partial charge on any atom is -0.491 e. The Kier molecular flexibility index (Phi) is 9.35. The Hall–Kier alpha value is -1.50. The van der Waals surface area contributed by atoms with E-state index in [9.17, 15) is 0 Å². The Bertz CT molecular complexity index is 313. The first-order chi connectivity index (χ1) is 10.3. The second-order valence-corrected chi connectivity index (χ2v) is 4.16. The molecule has 6 nitrogen and oxygen atoms in total. The lowest BCUT2D eigenvalue weighted by atomic mass is 10.3. The molecule has 0 saturated carbocycles. The van der Waals surface area contributed by atoms with E-state index >= 15 is 0 Å². The molecule has 0 fully saturated rings. The van der Waals surface area contributed by atoms with Crippen LogP contribution in [-0.2, 0) is 14.2 Å². The number of methoxy groups -OCH3 is 3. The second-order valence-electron chi connectivity index (χ2n) is 4.16. The highest BCUT2D eigenvalue weighted by Gasteiger charge is 2.05. The molecule has 0 N–H and O–H groups in total. The molecule has 1 aromatic rings. The minimum absolute atomic E-state index is 0.468. The van der Waals surface area contributed by atoms with Gasteiger partial charge in [-0.05, 0) is 0 Å². The van der Waals surface area contributed by atoms with Crippen molar-refractivity contribution in [2.24, 2.45) is 0 Å². The summed E-state index contributed by atoms with van der Waals surface area (Å²) in [6, 6.07) is 5.44. The van der Waals surface area contributed by atoms with E-state index in [2.05, 4.69) is 0 Å². The Labute approximate surface area is 125 Å². The standard InChI is InChI=1S/C15H24O6/c1-16-4-7-19-13-10-14(20-8-5-17-2)12-15(11-13)21-9-6-18-3/h10-12H,4-9H2,1-3H3. The Morgan fingerprint density at radius 2 is 0.810 bits per heavy atom. The van der Waals surface area contributed by atoms with E-state index in [0.717, 1.165) is 0 Å². The first kappa shape index (κ1) is 17.6. The molecule has 21 heavy (non-hydrogen) atoms. The zero-order valence-electron chi connectivity index (χ0n) is 12.9. The molecule has 0 spiro atoms. The van der Waals surface area contributed by atoms with Crippen molar-refractivity contribution in [2.45, 2.75) is 0 Å². The third kappa shape index (κ3) is 7.75. The molecule has 0 atom stereocenters. The van der Waals surface area contributed by atoms with Crippen LogP contribution in [0.25, 0.3) is 0 Å². The fourth-order valence-electron chi connectivity index (χ4n) is 1.52. The van der Waals surface area contributed by atoms with Gasteiger partial charge in [-0.25, -0.2) is 0 Å². The zero-order valence-corrected chi connectivity index (χ0v) is 12.9. The summed E-state index contributed by atoms with van der Waals surface area (Å²) in [5.74, 6) is 2.03. The molecule has 1 rings (SSSR count). The minimum atomic E-state index is 0.468. The van der Waals surface area contributed by atoms with Crippen molar-refractivity contribution in [1.29, 1.82) is 0 Å². The van der Waals surface area contributed by atoms with E-state index in [1.54, 1.807) is 21.3 Å². The van der Waals surface area contributed by atoms with E-state index in [0.29, 0.717) is 56.9 Å². The summed E-state index contributed by atoms with van der Waals surface area (Å²) in [5, 5.41) is 0. The van der Waals surface area contributed by atoms with Crippen LogP contribution in [0.1, 0.15) is 0 Å². The molecule has 120 valence electrons. The van der Waals surface area contributed by atoms with Crippen molar-refractivity contribution in [2.75, 3.05) is 61.0 Å². The first-order valence-electron chi connectivity index (χ1n) is 6.80. The molecule has 6 heteroatoms. The van der Waals surface area contributed by atoms with Gasteiger partial charge in [0.15, 0.2) is 0 Å². The van der Waals surface area contributed by atoms with Gasteiger partial charge >= 0.3 is 0 Å². The average Bonchev–Trinajstić information content (AvgIpc) is 2.48. The van der Waals surface area contributed by atoms with Crippen LogP contribution in [0.2, 0.25) is 0 Å². The lowest BCUT2D eigenvalue weighted by Crippen LogP contribution is -2.08. The largest absolute Gasteiger partial charge is 0.491 e. The summed E-state index contributed by atoms with van der Waals surface area (Å²) in [5.41, 5.74) is 0. The maximum absolute atomic E-state index is 5.59. The topological polar surface area (TPSA) is 55.4 Å². The maximum atomic E-state index is 5.59. The number of rotatable bonds is 12. The van der Waals surface area contributed by atoms with Crippen LogP contribution in [0.15, 0.2) is 18.2 Å². The smallest absolute Gasteiger partial charge is 0.126 e. The van der Waals surface area contributed by atoms with Crippen LogP contribution in [0.3, 0.4) is 0 Å². The van der Waals surface area contributed by atoms with Gasteiger partial charge in [0, 0.05) is 39.5 Å². The third-order valence-electron chi connectivity index (χ3n) is 2.52. The molecular weight excluding hydrogens is 276 g/mol. The molecule has 0 aliphatic carbocycles. The van der Waals surface area contributed by atoms with Gasteiger partial charge in [-0.1, -0.05) is 0 Å². The molecule has 0 unspecified atom stereocenters. The number of ether oxygens (including phenoxy) is 6. The highest BCUT2D eigenvalue weighted by molar-refractivity contribution is 5.42. The average molecular weight is 300 g/mol. The summed E-state index contributed by atoms with van der Waals surface area (Å²) >= 11 is 0. The summed E-state index contributed by atoms with van der Waals surface area (Å²) in [4.78, 5) is 0. The van der Waals surface area contributed by atoms with Crippen molar-refractivity contribution < 1.29 is 28.4 Å². The van der Waals surface area contributed by atoms with Gasteiger partial charge in [0.1, 0.15) is 37.1 Å². The molecule has 0 radical (unpaired) electrons. The van der Waals surface area contributed by atoms with Crippen molar-refractivity contribution in [1.82, 2.24) is 0 Å². The molecule has 0 aliphatic rings. The third-order valence-corrected chi connectivity index (χ3v) is 2.52. The highest BCUT2D eigenvalue weighted by Crippen LogP contribution is 2.28. The van der Waals surface area contributed by atoms with Gasteiger partial charge in [-0.3, -0.25) is 0 Å². The second kappa shape index (κ2) is 11.2. The van der Waals surface area contributed by atoms with Gasteiger partial charge < -0.3 is 28.4 Å². The van der Waals surface area contributed by atoms with Crippen LogP contribution in [-0.4, -0.2) is 61.0 Å². The normalized spacial score (nSPS) is 10.4. The van der Waals surface area contributed by atoms with Gasteiger partial charge in [0.2, 0.25) is 0 Å². The van der Waals surface area contributed by atoms with E-state index < -0.39 is 0 Å². The number of benzene rings is 1. The number of hydrogen-bond donors (Lipinski definition) is 0. The Morgan fingerprint density at radius 1 is 0.524 bits per heavy atom. The first-order valence-corrected chi connectivity index (χ1v) is 6.80. The van der Waals surface area contributed by atoms with Crippen LogP contribution >= 0.6 is 0 Å². The van der Waals surface area contributed by atoms with Crippen LogP contribution < -0.4 is 14.2 Å². The quantitative estimate of drug-likeness (QED) is 0.548. The molecule has 0 heterocycles. The molecule has 0 aliphatic heterocycles. The predicted molar refractivity (Wildman–Crippen MR) is 78.6 cm³/mol. The van der Waals surface area contributed by atoms with E-state index in [1.165, 1.54) is 0 Å². The number of hydrogen-bond acceptors (Lipinski definition) is 6. The maximum Gasteiger partial charge on any atom is 0.126 e. The van der Waals surface area contributed by atoms with Crippen LogP contribution in [0.4, 0.5) is 0 Å². The Balaban J connectivity index is 2.65. The molecule has 0 bridgehead atoms. The predicted octanol–water partition coefficient (Wildman–Crippen LogP) is 1.76. The van der Waals surface area contributed by atoms with Gasteiger partial charge in [0.25, 0.3) is 0 Å². The van der Waals surface area contributed by atoms with Crippen molar-refractivity contribution in [3.63, 3.8) is 0 Å². The summed E-state index contributed by atoms with van der Waals surface area (Å²) in [6.45, 7) is 2.97. The molecule has 0 aromatic heterocycles. The van der Waals surface area contributed by atoms with Crippen LogP contribution in [0.5, 0.6) is 17.2 Å². The summed E-state index contributed by atoms with van der Waals surface area (Å²) in [6.07, 6.45) is 0. The Morgan fingerprint density at radius 3 is 1.05 bits per heavy atom. The summed E-state index contributed by atoms with van der Waals surface area (Å²) < 4.78 is 31.7. The molecule has 0 saturated heterocycles. The van der Waals surface area contributed by atoms with Crippen molar-refractivity contribution in [3.05, 3.63) is 18.2 Å². The zero-order chi connectivity index (χ0) is 15.3. The van der Waals surface area contributed by atoms with Gasteiger partial charge in [0.05, 0.1) is 19.8 Å². The van der Waals surface area contributed by atoms with Crippen molar-refractivity contribution in [3.8, 4) is 17.2 Å².